The molecular weight excluding hydrogens is 212 g/mol. The molecule has 0 bridgehead atoms. The van der Waals surface area contributed by atoms with Gasteiger partial charge in [-0.15, -0.1) is 0 Å². The Bertz CT molecular complexity index is 273. The van der Waals surface area contributed by atoms with Crippen molar-refractivity contribution >= 4 is 9.84 Å². The molecule has 0 fully saturated rings. The molecule has 0 spiro atoms. The van der Waals surface area contributed by atoms with Crippen LogP contribution in [0.25, 0.3) is 0 Å². The van der Waals surface area contributed by atoms with Crippen molar-refractivity contribution in [2.24, 2.45) is 5.73 Å². The summed E-state index contributed by atoms with van der Waals surface area (Å²) in [5.41, 5.74) is 5.57. The number of rotatable bonds is 7. The molecule has 2 N–H and O–H groups in total. The normalized spacial score (nSPS) is 13.5. The van der Waals surface area contributed by atoms with E-state index in [0.717, 1.165) is 6.54 Å². The van der Waals surface area contributed by atoms with Crippen LogP contribution in [0.2, 0.25) is 0 Å². The molecule has 0 atom stereocenters. The van der Waals surface area contributed by atoms with Crippen LogP contribution in [0.3, 0.4) is 0 Å². The molecule has 0 aromatic heterocycles. The highest BCUT2D eigenvalue weighted by Gasteiger charge is 2.21. The van der Waals surface area contributed by atoms with Crippen LogP contribution in [0.1, 0.15) is 27.2 Å². The van der Waals surface area contributed by atoms with Gasteiger partial charge in [-0.25, -0.2) is 8.42 Å². The highest BCUT2D eigenvalue weighted by atomic mass is 32.2. The van der Waals surface area contributed by atoms with E-state index in [1.807, 2.05) is 7.05 Å². The Labute approximate surface area is 93.7 Å². The molecule has 0 unspecified atom stereocenters. The van der Waals surface area contributed by atoms with Crippen LogP contribution in [0, 0.1) is 0 Å². The second-order valence-electron chi connectivity index (χ2n) is 4.53. The van der Waals surface area contributed by atoms with Crippen molar-refractivity contribution in [3.8, 4) is 0 Å². The number of hydrogen-bond acceptors (Lipinski definition) is 4. The molecule has 0 aromatic carbocycles. The number of likely N-dealkylation sites (N-methyl/N-ethyl adjacent to an activating group) is 1. The van der Waals surface area contributed by atoms with Crippen LogP contribution in [0.4, 0.5) is 0 Å². The molecule has 5 heteroatoms. The number of nitrogens with zero attached hydrogens (tertiary/aromatic N) is 1. The maximum Gasteiger partial charge on any atom is 0.150 e. The van der Waals surface area contributed by atoms with Gasteiger partial charge in [0.25, 0.3) is 0 Å². The van der Waals surface area contributed by atoms with Crippen LogP contribution in [-0.4, -0.2) is 50.5 Å². The van der Waals surface area contributed by atoms with Crippen molar-refractivity contribution in [3.05, 3.63) is 0 Å². The van der Waals surface area contributed by atoms with E-state index in [-0.39, 0.29) is 17.0 Å². The molecular formula is C10H24N2O2S. The smallest absolute Gasteiger partial charge is 0.150 e. The Kier molecular flexibility index (Phi) is 5.77. The topological polar surface area (TPSA) is 63.4 Å². The Hall–Kier alpha value is -0.130. The summed E-state index contributed by atoms with van der Waals surface area (Å²) in [5, 5.41) is 0. The SMILES string of the molecule is CCS(=O)(=O)CCCN(C)C(C)(C)CN. The Balaban J connectivity index is 3.98. The standard InChI is InChI=1S/C10H24N2O2S/c1-5-15(13,14)8-6-7-12(4)10(2,3)9-11/h5-9,11H2,1-4H3. The minimum Gasteiger partial charge on any atom is -0.329 e. The van der Waals surface area contributed by atoms with Gasteiger partial charge < -0.3 is 5.73 Å². The monoisotopic (exact) mass is 236 g/mol. The molecule has 0 saturated carbocycles. The van der Waals surface area contributed by atoms with E-state index >= 15 is 0 Å². The average Bonchev–Trinajstić information content (AvgIpc) is 2.17. The first-order valence-electron chi connectivity index (χ1n) is 5.37. The van der Waals surface area contributed by atoms with E-state index in [4.69, 9.17) is 5.73 Å². The van der Waals surface area contributed by atoms with Gasteiger partial charge in [0.2, 0.25) is 0 Å². The summed E-state index contributed by atoms with van der Waals surface area (Å²) in [4.78, 5) is 2.11. The van der Waals surface area contributed by atoms with E-state index in [9.17, 15) is 8.42 Å². The van der Waals surface area contributed by atoms with Gasteiger partial charge >= 0.3 is 0 Å². The van der Waals surface area contributed by atoms with E-state index in [2.05, 4.69) is 18.7 Å². The first-order chi connectivity index (χ1) is 6.75. The van der Waals surface area contributed by atoms with Gasteiger partial charge in [0.05, 0.1) is 5.75 Å². The minimum atomic E-state index is -2.83. The van der Waals surface area contributed by atoms with Crippen LogP contribution >= 0.6 is 0 Å². The second kappa shape index (κ2) is 5.82. The summed E-state index contributed by atoms with van der Waals surface area (Å²) in [5.74, 6) is 0.505. The van der Waals surface area contributed by atoms with E-state index < -0.39 is 9.84 Å². The van der Waals surface area contributed by atoms with Gasteiger partial charge in [-0.05, 0) is 33.9 Å². The summed E-state index contributed by atoms with van der Waals surface area (Å²) < 4.78 is 22.5. The molecule has 4 nitrogen and oxygen atoms in total. The third kappa shape index (κ3) is 5.49. The first kappa shape index (κ1) is 14.9. The van der Waals surface area contributed by atoms with Crippen LogP contribution < -0.4 is 5.73 Å². The largest absolute Gasteiger partial charge is 0.329 e. The van der Waals surface area contributed by atoms with Gasteiger partial charge in [0.1, 0.15) is 9.84 Å². The third-order valence-corrected chi connectivity index (χ3v) is 4.71. The highest BCUT2D eigenvalue weighted by Crippen LogP contribution is 2.10. The lowest BCUT2D eigenvalue weighted by Gasteiger charge is -2.34. The third-order valence-electron chi connectivity index (χ3n) is 2.92. The summed E-state index contributed by atoms with van der Waals surface area (Å²) >= 11 is 0. The second-order valence-corrected chi connectivity index (χ2v) is 7.00. The van der Waals surface area contributed by atoms with Gasteiger partial charge in [-0.2, -0.15) is 0 Å². The fraction of sp³-hybridized carbons (Fsp3) is 1.00. The fourth-order valence-electron chi connectivity index (χ4n) is 1.12. The van der Waals surface area contributed by atoms with Crippen molar-refractivity contribution in [1.82, 2.24) is 4.90 Å². The lowest BCUT2D eigenvalue weighted by atomic mass is 10.0. The van der Waals surface area contributed by atoms with E-state index in [0.29, 0.717) is 13.0 Å². The van der Waals surface area contributed by atoms with Crippen molar-refractivity contribution in [1.29, 1.82) is 0 Å². The van der Waals surface area contributed by atoms with Crippen LogP contribution in [-0.2, 0) is 9.84 Å². The van der Waals surface area contributed by atoms with E-state index in [1.54, 1.807) is 6.92 Å². The average molecular weight is 236 g/mol. The predicted molar refractivity (Wildman–Crippen MR) is 64.7 cm³/mol. The molecule has 0 aliphatic heterocycles. The van der Waals surface area contributed by atoms with Crippen molar-refractivity contribution in [2.75, 3.05) is 31.6 Å². The van der Waals surface area contributed by atoms with E-state index in [1.165, 1.54) is 0 Å². The van der Waals surface area contributed by atoms with Crippen molar-refractivity contribution < 1.29 is 8.42 Å². The quantitative estimate of drug-likeness (QED) is 0.698. The summed E-state index contributed by atoms with van der Waals surface area (Å²) in [6, 6.07) is 0. The number of nitrogens with two attached hydrogens (primary N) is 1. The Morgan fingerprint density at radius 2 is 1.87 bits per heavy atom. The summed E-state index contributed by atoms with van der Waals surface area (Å²) in [6.45, 7) is 7.14. The zero-order valence-corrected chi connectivity index (χ0v) is 11.1. The number of sulfone groups is 1. The zero-order chi connectivity index (χ0) is 12.1. The lowest BCUT2D eigenvalue weighted by molar-refractivity contribution is 0.164. The van der Waals surface area contributed by atoms with Gasteiger partial charge in [-0.1, -0.05) is 6.92 Å². The molecule has 15 heavy (non-hydrogen) atoms. The maximum absolute atomic E-state index is 11.3. The van der Waals surface area contributed by atoms with Gasteiger partial charge in [0.15, 0.2) is 0 Å². The van der Waals surface area contributed by atoms with Crippen LogP contribution in [0.15, 0.2) is 0 Å². The highest BCUT2D eigenvalue weighted by molar-refractivity contribution is 7.91. The zero-order valence-electron chi connectivity index (χ0n) is 10.3. The minimum absolute atomic E-state index is 0.0595. The predicted octanol–water partition coefficient (Wildman–Crippen LogP) is 0.480. The summed E-state index contributed by atoms with van der Waals surface area (Å²) in [7, 11) is -0.848. The molecule has 92 valence electrons. The van der Waals surface area contributed by atoms with Crippen LogP contribution in [0.5, 0.6) is 0 Å². The molecule has 0 aromatic rings. The molecule has 0 aliphatic rings. The van der Waals surface area contributed by atoms with Gasteiger partial charge in [0, 0.05) is 17.8 Å². The molecule has 0 saturated heterocycles. The molecule has 0 amide bonds. The molecule has 0 rings (SSSR count). The Morgan fingerprint density at radius 3 is 2.27 bits per heavy atom. The van der Waals surface area contributed by atoms with Gasteiger partial charge in [-0.3, -0.25) is 4.90 Å². The first-order valence-corrected chi connectivity index (χ1v) is 7.19. The summed E-state index contributed by atoms with van der Waals surface area (Å²) in [6.07, 6.45) is 0.677. The fourth-order valence-corrected chi connectivity index (χ4v) is 1.98. The lowest BCUT2D eigenvalue weighted by Crippen LogP contribution is -2.47. The van der Waals surface area contributed by atoms with Crippen molar-refractivity contribution in [2.45, 2.75) is 32.7 Å². The number of hydrogen-bond donors (Lipinski definition) is 1. The molecule has 0 radical (unpaired) electrons. The van der Waals surface area contributed by atoms with Crippen molar-refractivity contribution in [3.63, 3.8) is 0 Å². The Morgan fingerprint density at radius 1 is 1.33 bits per heavy atom. The maximum atomic E-state index is 11.3. The molecule has 0 aliphatic carbocycles. The molecule has 0 heterocycles.